The number of sulfone groups is 1. The summed E-state index contributed by atoms with van der Waals surface area (Å²) in [5.74, 6) is -0.127. The van der Waals surface area contributed by atoms with E-state index in [-0.39, 0.29) is 36.1 Å². The van der Waals surface area contributed by atoms with Crippen LogP contribution in [0.2, 0.25) is 0 Å². The van der Waals surface area contributed by atoms with E-state index in [0.29, 0.717) is 12.0 Å². The number of fused-ring (bicyclic) bond motifs is 1. The third kappa shape index (κ3) is 4.43. The molecule has 5 nitrogen and oxygen atoms in total. The first kappa shape index (κ1) is 17.7. The minimum atomic E-state index is -3.12. The van der Waals surface area contributed by atoms with Crippen molar-refractivity contribution in [2.24, 2.45) is 5.92 Å². The third-order valence-electron chi connectivity index (χ3n) is 4.33. The van der Waals surface area contributed by atoms with E-state index in [0.717, 1.165) is 18.2 Å². The van der Waals surface area contributed by atoms with Gasteiger partial charge >= 0.3 is 6.03 Å². The Morgan fingerprint density at radius 3 is 2.78 bits per heavy atom. The smallest absolute Gasteiger partial charge is 0.317 e. The minimum Gasteiger partial charge on any atom is -0.331 e. The average molecular weight is 342 g/mol. The number of nitrogens with one attached hydrogen (secondary N) is 1. The highest BCUT2D eigenvalue weighted by atomic mass is 32.2. The molecule has 0 unspecified atom stereocenters. The maximum absolute atomic E-state index is 13.9. The van der Waals surface area contributed by atoms with Gasteiger partial charge in [-0.05, 0) is 36.0 Å². The lowest BCUT2D eigenvalue weighted by Gasteiger charge is -2.33. The van der Waals surface area contributed by atoms with Crippen LogP contribution < -0.4 is 5.32 Å². The summed E-state index contributed by atoms with van der Waals surface area (Å²) in [4.78, 5) is 13.6. The number of halogens is 1. The van der Waals surface area contributed by atoms with Crippen LogP contribution in [0.4, 0.5) is 9.18 Å². The lowest BCUT2D eigenvalue weighted by atomic mass is 9.80. The monoisotopic (exact) mass is 342 g/mol. The van der Waals surface area contributed by atoms with Crippen LogP contribution in [0, 0.1) is 11.7 Å². The Bertz CT molecular complexity index is 691. The van der Waals surface area contributed by atoms with Gasteiger partial charge in [-0.25, -0.2) is 17.6 Å². The van der Waals surface area contributed by atoms with E-state index in [9.17, 15) is 17.6 Å². The zero-order valence-electron chi connectivity index (χ0n) is 13.7. The number of carbonyl (C=O) groups is 1. The normalized spacial score (nSPS) is 20.7. The summed E-state index contributed by atoms with van der Waals surface area (Å²) in [5.41, 5.74) is 1.48. The third-order valence-corrected chi connectivity index (χ3v) is 5.26. The quantitative estimate of drug-likeness (QED) is 0.911. The van der Waals surface area contributed by atoms with Gasteiger partial charge < -0.3 is 10.2 Å². The Labute approximate surface area is 136 Å². The van der Waals surface area contributed by atoms with Crippen molar-refractivity contribution in [2.45, 2.75) is 25.8 Å². The fourth-order valence-corrected chi connectivity index (χ4v) is 3.45. The van der Waals surface area contributed by atoms with E-state index in [1.807, 2.05) is 13.0 Å². The largest absolute Gasteiger partial charge is 0.331 e. The van der Waals surface area contributed by atoms with Crippen LogP contribution in [-0.4, -0.2) is 44.9 Å². The van der Waals surface area contributed by atoms with Gasteiger partial charge in [0.05, 0.1) is 11.8 Å². The van der Waals surface area contributed by atoms with E-state index in [4.69, 9.17) is 0 Å². The topological polar surface area (TPSA) is 66.5 Å². The zero-order valence-corrected chi connectivity index (χ0v) is 14.5. The van der Waals surface area contributed by atoms with E-state index in [1.165, 1.54) is 11.0 Å². The fourth-order valence-electron chi connectivity index (χ4n) is 2.84. The number of hydrogen-bond acceptors (Lipinski definition) is 3. The Morgan fingerprint density at radius 2 is 2.13 bits per heavy atom. The predicted octanol–water partition coefficient (Wildman–Crippen LogP) is 2.14. The second kappa shape index (κ2) is 6.86. The Morgan fingerprint density at radius 1 is 1.43 bits per heavy atom. The molecule has 0 fully saturated rings. The molecule has 0 heterocycles. The van der Waals surface area contributed by atoms with Crippen LogP contribution >= 0.6 is 0 Å². The predicted molar refractivity (Wildman–Crippen MR) is 87.5 cm³/mol. The molecule has 1 aromatic carbocycles. The van der Waals surface area contributed by atoms with Crippen LogP contribution in [0.25, 0.3) is 0 Å². The highest BCUT2D eigenvalue weighted by molar-refractivity contribution is 7.90. The number of carbonyl (C=O) groups excluding carboxylic acids is 1. The molecule has 0 bridgehead atoms. The molecule has 0 saturated heterocycles. The van der Waals surface area contributed by atoms with Crippen molar-refractivity contribution >= 4 is 15.9 Å². The Balaban J connectivity index is 2.10. The van der Waals surface area contributed by atoms with E-state index in [2.05, 4.69) is 5.32 Å². The maximum atomic E-state index is 13.9. The minimum absolute atomic E-state index is 0.0810. The van der Waals surface area contributed by atoms with Crippen molar-refractivity contribution in [1.29, 1.82) is 0 Å². The molecule has 0 radical (unpaired) electrons. The summed E-state index contributed by atoms with van der Waals surface area (Å²) in [7, 11) is -1.57. The highest BCUT2D eigenvalue weighted by Gasteiger charge is 2.30. The summed E-state index contributed by atoms with van der Waals surface area (Å²) in [6, 6.07) is 4.32. The van der Waals surface area contributed by atoms with Gasteiger partial charge in [0.2, 0.25) is 0 Å². The standard InChI is InChI=1S/C16H23FN2O3S/c1-11-7-8-12-13(5-4-6-14(12)17)15(11)18-16(20)19(2)9-10-23(3,21)22/h4-6,11,15H,7-10H2,1-3H3,(H,18,20)/t11-,15-/m0/s1. The molecule has 7 heteroatoms. The van der Waals surface area contributed by atoms with Crippen molar-refractivity contribution in [3.05, 3.63) is 35.1 Å². The van der Waals surface area contributed by atoms with Gasteiger partial charge in [-0.3, -0.25) is 0 Å². The molecule has 0 aromatic heterocycles. The van der Waals surface area contributed by atoms with Crippen LogP contribution in [-0.2, 0) is 16.3 Å². The molecule has 23 heavy (non-hydrogen) atoms. The highest BCUT2D eigenvalue weighted by Crippen LogP contribution is 2.35. The number of urea groups is 1. The lowest BCUT2D eigenvalue weighted by molar-refractivity contribution is 0.200. The molecular weight excluding hydrogens is 319 g/mol. The maximum Gasteiger partial charge on any atom is 0.317 e. The number of nitrogens with zero attached hydrogens (tertiary/aromatic N) is 1. The summed E-state index contributed by atoms with van der Waals surface area (Å²) in [6.45, 7) is 2.15. The van der Waals surface area contributed by atoms with Crippen molar-refractivity contribution < 1.29 is 17.6 Å². The number of hydrogen-bond donors (Lipinski definition) is 1. The molecule has 1 aliphatic carbocycles. The first-order chi connectivity index (χ1) is 10.7. The molecule has 2 amide bonds. The van der Waals surface area contributed by atoms with Crippen LogP contribution in [0.3, 0.4) is 0 Å². The molecule has 0 saturated carbocycles. The molecule has 128 valence electrons. The van der Waals surface area contributed by atoms with Gasteiger partial charge in [-0.2, -0.15) is 0 Å². The van der Waals surface area contributed by atoms with Gasteiger partial charge in [0, 0.05) is 19.8 Å². The molecule has 1 aliphatic rings. The van der Waals surface area contributed by atoms with Crippen molar-refractivity contribution in [1.82, 2.24) is 10.2 Å². The van der Waals surface area contributed by atoms with Crippen molar-refractivity contribution in [3.8, 4) is 0 Å². The molecule has 2 rings (SSSR count). The molecule has 1 N–H and O–H groups in total. The molecular formula is C16H23FN2O3S. The van der Waals surface area contributed by atoms with E-state index < -0.39 is 9.84 Å². The van der Waals surface area contributed by atoms with Crippen LogP contribution in [0.1, 0.15) is 30.5 Å². The van der Waals surface area contributed by atoms with Crippen molar-refractivity contribution in [2.75, 3.05) is 25.6 Å². The molecule has 0 spiro atoms. The van der Waals surface area contributed by atoms with E-state index in [1.54, 1.807) is 13.1 Å². The summed E-state index contributed by atoms with van der Waals surface area (Å²) >= 11 is 0. The van der Waals surface area contributed by atoms with Gasteiger partial charge in [-0.15, -0.1) is 0 Å². The second-order valence-corrected chi connectivity index (χ2v) is 8.56. The molecule has 0 aliphatic heterocycles. The van der Waals surface area contributed by atoms with Crippen LogP contribution in [0.5, 0.6) is 0 Å². The first-order valence-electron chi connectivity index (χ1n) is 7.65. The summed E-state index contributed by atoms with van der Waals surface area (Å²) in [6.07, 6.45) is 2.60. The van der Waals surface area contributed by atoms with Gasteiger partial charge in [0.15, 0.2) is 0 Å². The summed E-state index contributed by atoms with van der Waals surface area (Å²) in [5, 5.41) is 2.91. The molecule has 1 aromatic rings. The van der Waals surface area contributed by atoms with Gasteiger partial charge in [-0.1, -0.05) is 19.1 Å². The zero-order chi connectivity index (χ0) is 17.2. The summed E-state index contributed by atoms with van der Waals surface area (Å²) < 4.78 is 36.3. The fraction of sp³-hybridized carbons (Fsp3) is 0.562. The SMILES string of the molecule is C[C@H]1CCc2c(F)cccc2[C@H]1NC(=O)N(C)CCS(C)(=O)=O. The number of amides is 2. The number of benzene rings is 1. The first-order valence-corrected chi connectivity index (χ1v) is 9.71. The number of rotatable bonds is 4. The van der Waals surface area contributed by atoms with Crippen molar-refractivity contribution in [3.63, 3.8) is 0 Å². The second-order valence-electron chi connectivity index (χ2n) is 6.30. The Hall–Kier alpha value is -1.63. The molecule has 2 atom stereocenters. The van der Waals surface area contributed by atoms with Crippen LogP contribution in [0.15, 0.2) is 18.2 Å². The van der Waals surface area contributed by atoms with Gasteiger partial charge in [0.1, 0.15) is 15.7 Å². The lowest BCUT2D eigenvalue weighted by Crippen LogP contribution is -2.44. The van der Waals surface area contributed by atoms with E-state index >= 15 is 0 Å². The Kier molecular flexibility index (Phi) is 5.29. The average Bonchev–Trinajstić information content (AvgIpc) is 2.47. The van der Waals surface area contributed by atoms with Gasteiger partial charge in [0.25, 0.3) is 0 Å².